The van der Waals surface area contributed by atoms with Crippen molar-refractivity contribution in [2.45, 2.75) is 59.3 Å². The molecule has 0 saturated carbocycles. The second-order valence-corrected chi connectivity index (χ2v) is 5.31. The van der Waals surface area contributed by atoms with Crippen molar-refractivity contribution in [2.75, 3.05) is 13.2 Å². The molecule has 0 bridgehead atoms. The first-order chi connectivity index (χ1) is 6.68. The molecule has 0 aromatic carbocycles. The molecule has 0 unspecified atom stereocenters. The van der Waals surface area contributed by atoms with Gasteiger partial charge in [0, 0.05) is 13.2 Å². The molecule has 0 aromatic rings. The van der Waals surface area contributed by atoms with Gasteiger partial charge in [0.25, 0.3) is 0 Å². The summed E-state index contributed by atoms with van der Waals surface area (Å²) in [4.78, 5) is 0. The zero-order chi connectivity index (χ0) is 10.4. The van der Waals surface area contributed by atoms with E-state index in [0.717, 1.165) is 19.1 Å². The molecule has 1 rings (SSSR count). The fourth-order valence-electron chi connectivity index (χ4n) is 2.78. The topological polar surface area (TPSA) is 9.23 Å². The summed E-state index contributed by atoms with van der Waals surface area (Å²) in [6.07, 6.45) is 8.14. The second-order valence-electron chi connectivity index (χ2n) is 5.31. The van der Waals surface area contributed by atoms with Crippen LogP contribution in [0.1, 0.15) is 59.3 Å². The van der Waals surface area contributed by atoms with Gasteiger partial charge in [0.1, 0.15) is 0 Å². The summed E-state index contributed by atoms with van der Waals surface area (Å²) in [5.41, 5.74) is 0.627. The highest BCUT2D eigenvalue weighted by atomic mass is 16.5. The third-order valence-electron chi connectivity index (χ3n) is 3.46. The van der Waals surface area contributed by atoms with E-state index in [1.54, 1.807) is 0 Å². The monoisotopic (exact) mass is 198 g/mol. The third kappa shape index (κ3) is 3.61. The van der Waals surface area contributed by atoms with E-state index in [4.69, 9.17) is 4.74 Å². The number of hydrogen-bond donors (Lipinski definition) is 0. The van der Waals surface area contributed by atoms with Crippen molar-refractivity contribution in [3.8, 4) is 0 Å². The van der Waals surface area contributed by atoms with Crippen molar-refractivity contribution in [3.05, 3.63) is 0 Å². The van der Waals surface area contributed by atoms with Crippen LogP contribution in [-0.2, 0) is 4.74 Å². The Labute approximate surface area is 89.2 Å². The summed E-state index contributed by atoms with van der Waals surface area (Å²) < 4.78 is 5.49. The van der Waals surface area contributed by atoms with Gasteiger partial charge >= 0.3 is 0 Å². The zero-order valence-electron chi connectivity index (χ0n) is 10.1. The highest BCUT2D eigenvalue weighted by Crippen LogP contribution is 2.41. The largest absolute Gasteiger partial charge is 0.381 e. The molecule has 0 spiro atoms. The van der Waals surface area contributed by atoms with Crippen LogP contribution in [0.25, 0.3) is 0 Å². The minimum atomic E-state index is 0.627. The molecule has 1 aliphatic heterocycles. The van der Waals surface area contributed by atoms with Crippen molar-refractivity contribution in [1.82, 2.24) is 0 Å². The molecule has 14 heavy (non-hydrogen) atoms. The van der Waals surface area contributed by atoms with E-state index in [-0.39, 0.29) is 0 Å². The Bertz CT molecular complexity index is 145. The summed E-state index contributed by atoms with van der Waals surface area (Å²) in [6.45, 7) is 8.99. The van der Waals surface area contributed by atoms with E-state index in [2.05, 4.69) is 20.8 Å². The van der Waals surface area contributed by atoms with E-state index in [9.17, 15) is 0 Å². The van der Waals surface area contributed by atoms with Gasteiger partial charge in [-0.3, -0.25) is 0 Å². The summed E-state index contributed by atoms with van der Waals surface area (Å²) in [6, 6.07) is 0. The lowest BCUT2D eigenvalue weighted by atomic mass is 9.71. The fourth-order valence-corrected chi connectivity index (χ4v) is 2.78. The fraction of sp³-hybridized carbons (Fsp3) is 1.00. The van der Waals surface area contributed by atoms with Gasteiger partial charge in [0.2, 0.25) is 0 Å². The van der Waals surface area contributed by atoms with Crippen molar-refractivity contribution < 1.29 is 4.74 Å². The van der Waals surface area contributed by atoms with Gasteiger partial charge < -0.3 is 4.74 Å². The predicted octanol–water partition coefficient (Wildman–Crippen LogP) is 4.02. The Morgan fingerprint density at radius 2 is 1.86 bits per heavy atom. The number of ether oxygens (including phenoxy) is 1. The van der Waals surface area contributed by atoms with Gasteiger partial charge in [-0.1, -0.05) is 33.6 Å². The molecular weight excluding hydrogens is 172 g/mol. The lowest BCUT2D eigenvalue weighted by Gasteiger charge is -2.38. The molecule has 1 nitrogen and oxygen atoms in total. The minimum absolute atomic E-state index is 0.627. The Morgan fingerprint density at radius 3 is 2.36 bits per heavy atom. The Kier molecular flexibility index (Phi) is 4.94. The standard InChI is InChI=1S/C13H26O/c1-4-5-6-13(11-12(2)3)7-9-14-10-8-13/h12H,4-11H2,1-3H3. The van der Waals surface area contributed by atoms with Gasteiger partial charge in [0.05, 0.1) is 0 Å². The lowest BCUT2D eigenvalue weighted by Crippen LogP contribution is -2.31. The first-order valence-electron chi connectivity index (χ1n) is 6.26. The number of hydrogen-bond acceptors (Lipinski definition) is 1. The van der Waals surface area contributed by atoms with Crippen LogP contribution >= 0.6 is 0 Å². The Hall–Kier alpha value is -0.0400. The van der Waals surface area contributed by atoms with Crippen LogP contribution < -0.4 is 0 Å². The van der Waals surface area contributed by atoms with Gasteiger partial charge in [0.15, 0.2) is 0 Å². The lowest BCUT2D eigenvalue weighted by molar-refractivity contribution is -0.00178. The molecular formula is C13H26O. The summed E-state index contributed by atoms with van der Waals surface area (Å²) in [7, 11) is 0. The third-order valence-corrected chi connectivity index (χ3v) is 3.46. The maximum absolute atomic E-state index is 5.49. The zero-order valence-corrected chi connectivity index (χ0v) is 10.1. The highest BCUT2D eigenvalue weighted by Gasteiger charge is 2.32. The van der Waals surface area contributed by atoms with Crippen LogP contribution in [-0.4, -0.2) is 13.2 Å². The predicted molar refractivity (Wildman–Crippen MR) is 61.5 cm³/mol. The summed E-state index contributed by atoms with van der Waals surface area (Å²) in [5, 5.41) is 0. The van der Waals surface area contributed by atoms with E-state index in [0.29, 0.717) is 5.41 Å². The molecule has 1 saturated heterocycles. The molecule has 0 aliphatic carbocycles. The molecule has 0 amide bonds. The molecule has 1 heteroatoms. The van der Waals surface area contributed by atoms with Gasteiger partial charge in [-0.15, -0.1) is 0 Å². The van der Waals surface area contributed by atoms with E-state index >= 15 is 0 Å². The smallest absolute Gasteiger partial charge is 0.0471 e. The van der Waals surface area contributed by atoms with Crippen molar-refractivity contribution in [1.29, 1.82) is 0 Å². The van der Waals surface area contributed by atoms with E-state index in [1.807, 2.05) is 0 Å². The normalized spacial score (nSPS) is 21.4. The second kappa shape index (κ2) is 5.75. The van der Waals surface area contributed by atoms with Gasteiger partial charge in [-0.2, -0.15) is 0 Å². The van der Waals surface area contributed by atoms with Crippen molar-refractivity contribution in [2.24, 2.45) is 11.3 Å². The summed E-state index contributed by atoms with van der Waals surface area (Å²) in [5.74, 6) is 0.838. The molecule has 1 heterocycles. The van der Waals surface area contributed by atoms with E-state index < -0.39 is 0 Å². The van der Waals surface area contributed by atoms with Crippen molar-refractivity contribution >= 4 is 0 Å². The molecule has 0 N–H and O–H groups in total. The molecule has 1 aliphatic rings. The molecule has 0 aromatic heterocycles. The first kappa shape index (κ1) is 12.0. The van der Waals surface area contributed by atoms with Crippen LogP contribution in [0.2, 0.25) is 0 Å². The maximum atomic E-state index is 5.49. The molecule has 84 valence electrons. The van der Waals surface area contributed by atoms with Crippen LogP contribution in [0, 0.1) is 11.3 Å². The van der Waals surface area contributed by atoms with Crippen LogP contribution in [0.15, 0.2) is 0 Å². The van der Waals surface area contributed by atoms with Gasteiger partial charge in [-0.05, 0) is 37.0 Å². The summed E-state index contributed by atoms with van der Waals surface area (Å²) >= 11 is 0. The van der Waals surface area contributed by atoms with Crippen LogP contribution in [0.3, 0.4) is 0 Å². The first-order valence-corrected chi connectivity index (χ1v) is 6.26. The maximum Gasteiger partial charge on any atom is 0.0471 e. The van der Waals surface area contributed by atoms with Gasteiger partial charge in [-0.25, -0.2) is 0 Å². The quantitative estimate of drug-likeness (QED) is 0.648. The Morgan fingerprint density at radius 1 is 1.21 bits per heavy atom. The highest BCUT2D eigenvalue weighted by molar-refractivity contribution is 4.82. The Balaban J connectivity index is 2.47. The minimum Gasteiger partial charge on any atom is -0.381 e. The van der Waals surface area contributed by atoms with Crippen molar-refractivity contribution in [3.63, 3.8) is 0 Å². The number of unbranched alkanes of at least 4 members (excludes halogenated alkanes) is 1. The molecule has 0 radical (unpaired) electrons. The van der Waals surface area contributed by atoms with Crippen LogP contribution in [0.5, 0.6) is 0 Å². The average Bonchev–Trinajstić information content (AvgIpc) is 2.15. The SMILES string of the molecule is CCCCC1(CC(C)C)CCOCC1. The molecule has 0 atom stereocenters. The van der Waals surface area contributed by atoms with Crippen LogP contribution in [0.4, 0.5) is 0 Å². The molecule has 1 fully saturated rings. The number of rotatable bonds is 5. The average molecular weight is 198 g/mol. The van der Waals surface area contributed by atoms with E-state index in [1.165, 1.54) is 38.5 Å².